The van der Waals surface area contributed by atoms with Crippen LogP contribution in [0.3, 0.4) is 0 Å². The Morgan fingerprint density at radius 1 is 1.03 bits per heavy atom. The molecule has 202 valence electrons. The summed E-state index contributed by atoms with van der Waals surface area (Å²) in [7, 11) is 0. The van der Waals surface area contributed by atoms with E-state index < -0.39 is 28.9 Å². The highest BCUT2D eigenvalue weighted by molar-refractivity contribution is 5.83. The second-order valence-electron chi connectivity index (χ2n) is 11.1. The summed E-state index contributed by atoms with van der Waals surface area (Å²) >= 11 is 0. The van der Waals surface area contributed by atoms with Crippen molar-refractivity contribution in [3.63, 3.8) is 0 Å². The van der Waals surface area contributed by atoms with Gasteiger partial charge in [-0.3, -0.25) is 4.79 Å². The van der Waals surface area contributed by atoms with E-state index in [2.05, 4.69) is 5.32 Å². The number of alkyl halides is 6. The van der Waals surface area contributed by atoms with Crippen molar-refractivity contribution in [3.05, 3.63) is 34.9 Å². The summed E-state index contributed by atoms with van der Waals surface area (Å²) in [5.74, 6) is 0.524. The monoisotopic (exact) mass is 520 g/mol. The smallest absolute Gasteiger partial charge is 0.381 e. The van der Waals surface area contributed by atoms with Crippen LogP contribution in [-0.4, -0.2) is 43.7 Å². The van der Waals surface area contributed by atoms with Crippen molar-refractivity contribution in [3.8, 4) is 0 Å². The number of nitrogens with one attached hydrogen (secondary N) is 1. The van der Waals surface area contributed by atoms with Gasteiger partial charge in [-0.15, -0.1) is 0 Å². The van der Waals surface area contributed by atoms with Crippen LogP contribution in [0.4, 0.5) is 26.3 Å². The van der Waals surface area contributed by atoms with Gasteiger partial charge >= 0.3 is 12.4 Å². The summed E-state index contributed by atoms with van der Waals surface area (Å²) in [5.41, 5.74) is -3.55. The van der Waals surface area contributed by atoms with E-state index in [1.807, 2.05) is 13.8 Å². The first-order valence-corrected chi connectivity index (χ1v) is 12.6. The summed E-state index contributed by atoms with van der Waals surface area (Å²) in [5, 5.41) is 3.26. The molecule has 3 unspecified atom stereocenters. The maximum absolute atomic E-state index is 14.1. The normalized spacial score (nSPS) is 29.4. The molecular weight excluding hydrogens is 486 g/mol. The Morgan fingerprint density at radius 3 is 2.08 bits per heavy atom. The molecule has 36 heavy (non-hydrogen) atoms. The van der Waals surface area contributed by atoms with Crippen LogP contribution in [0.25, 0.3) is 0 Å². The van der Waals surface area contributed by atoms with Crippen molar-refractivity contribution in [2.45, 2.75) is 58.4 Å². The molecule has 0 bridgehead atoms. The van der Waals surface area contributed by atoms with Crippen molar-refractivity contribution < 1.29 is 35.9 Å². The van der Waals surface area contributed by atoms with Gasteiger partial charge in [0.05, 0.1) is 16.5 Å². The molecular formula is C26H34F6N2O2. The van der Waals surface area contributed by atoms with Crippen molar-refractivity contribution >= 4 is 5.91 Å². The first kappa shape index (κ1) is 27.2. The van der Waals surface area contributed by atoms with Gasteiger partial charge in [0.25, 0.3) is 0 Å². The van der Waals surface area contributed by atoms with E-state index in [4.69, 9.17) is 4.74 Å². The summed E-state index contributed by atoms with van der Waals surface area (Å²) < 4.78 is 86.6. The van der Waals surface area contributed by atoms with Crippen LogP contribution in [0.2, 0.25) is 0 Å². The molecule has 0 radical (unpaired) electrons. The number of nitrogens with zero attached hydrogens (tertiary/aromatic N) is 1. The van der Waals surface area contributed by atoms with Gasteiger partial charge in [-0.1, -0.05) is 26.7 Å². The van der Waals surface area contributed by atoms with E-state index in [0.29, 0.717) is 45.1 Å². The predicted octanol–water partition coefficient (Wildman–Crippen LogP) is 5.75. The van der Waals surface area contributed by atoms with Gasteiger partial charge in [0.1, 0.15) is 0 Å². The zero-order valence-electron chi connectivity index (χ0n) is 20.6. The number of hydrogen-bond donors (Lipinski definition) is 1. The molecule has 2 aliphatic heterocycles. The van der Waals surface area contributed by atoms with Gasteiger partial charge in [0, 0.05) is 32.8 Å². The molecule has 0 spiro atoms. The highest BCUT2D eigenvalue weighted by atomic mass is 19.4. The van der Waals surface area contributed by atoms with Crippen LogP contribution in [0.1, 0.15) is 56.2 Å². The van der Waals surface area contributed by atoms with Crippen LogP contribution in [0.15, 0.2) is 18.2 Å². The maximum atomic E-state index is 14.1. The number of carbonyl (C=O) groups is 1. The van der Waals surface area contributed by atoms with Crippen LogP contribution in [0.5, 0.6) is 0 Å². The fourth-order valence-electron chi connectivity index (χ4n) is 5.81. The summed E-state index contributed by atoms with van der Waals surface area (Å²) in [6.07, 6.45) is -6.45. The topological polar surface area (TPSA) is 41.6 Å². The Bertz CT molecular complexity index is 895. The Labute approximate surface area is 207 Å². The molecule has 2 heterocycles. The van der Waals surface area contributed by atoms with Crippen LogP contribution < -0.4 is 5.32 Å². The second kappa shape index (κ2) is 10.2. The van der Waals surface area contributed by atoms with E-state index in [1.54, 1.807) is 0 Å². The number of carbonyl (C=O) groups excluding carboxylic acids is 1. The lowest BCUT2D eigenvalue weighted by atomic mass is 9.78. The minimum absolute atomic E-state index is 0.0305. The van der Waals surface area contributed by atoms with Crippen molar-refractivity contribution in [2.24, 2.45) is 29.1 Å². The Kier molecular flexibility index (Phi) is 7.68. The molecule has 4 nitrogen and oxygen atoms in total. The largest absolute Gasteiger partial charge is 0.416 e. The zero-order chi connectivity index (χ0) is 26.3. The molecule has 4 rings (SSSR count). The molecule has 3 atom stereocenters. The molecule has 0 aromatic heterocycles. The van der Waals surface area contributed by atoms with Crippen LogP contribution >= 0.6 is 0 Å². The molecule has 1 aromatic rings. The highest BCUT2D eigenvalue weighted by Crippen LogP contribution is 2.45. The number of halogens is 6. The summed E-state index contributed by atoms with van der Waals surface area (Å²) in [4.78, 5) is 15.6. The van der Waals surface area contributed by atoms with Crippen LogP contribution in [-0.2, 0) is 28.4 Å². The third kappa shape index (κ3) is 6.18. The van der Waals surface area contributed by atoms with Crippen molar-refractivity contribution in [2.75, 3.05) is 32.8 Å². The molecule has 2 saturated heterocycles. The average Bonchev–Trinajstić information content (AvgIpc) is 3.47. The quantitative estimate of drug-likeness (QED) is 0.466. The van der Waals surface area contributed by atoms with Gasteiger partial charge in [0.2, 0.25) is 5.91 Å². The van der Waals surface area contributed by atoms with E-state index in [-0.39, 0.29) is 48.4 Å². The molecule has 3 fully saturated rings. The van der Waals surface area contributed by atoms with Crippen molar-refractivity contribution in [1.29, 1.82) is 0 Å². The SMILES string of the molecule is CC1COCC(C)C1CN(Cc1cc(C(F)(F)F)cc(C(F)(F)F)c1)C(=O)C1(CC2CC2)CCNC1. The molecule has 1 N–H and O–H groups in total. The molecule has 10 heteroatoms. The molecule has 1 aromatic carbocycles. The van der Waals surface area contributed by atoms with Crippen LogP contribution in [0, 0.1) is 29.1 Å². The van der Waals surface area contributed by atoms with E-state index in [9.17, 15) is 31.1 Å². The first-order valence-electron chi connectivity index (χ1n) is 12.6. The molecule has 1 aliphatic carbocycles. The lowest BCUT2D eigenvalue weighted by molar-refractivity contribution is -0.145. The third-order valence-electron chi connectivity index (χ3n) is 8.04. The van der Waals surface area contributed by atoms with Gasteiger partial charge < -0.3 is 15.0 Å². The lowest BCUT2D eigenvalue weighted by Gasteiger charge is -2.41. The van der Waals surface area contributed by atoms with Gasteiger partial charge in [-0.05, 0) is 66.8 Å². The number of ether oxygens (including phenoxy) is 1. The van der Waals surface area contributed by atoms with Gasteiger partial charge in [-0.25, -0.2) is 0 Å². The minimum atomic E-state index is -4.93. The van der Waals surface area contributed by atoms with Crippen molar-refractivity contribution in [1.82, 2.24) is 10.2 Å². The third-order valence-corrected chi connectivity index (χ3v) is 8.04. The number of hydrogen-bond acceptors (Lipinski definition) is 3. The van der Waals surface area contributed by atoms with E-state index in [0.717, 1.165) is 25.0 Å². The molecule has 3 aliphatic rings. The highest BCUT2D eigenvalue weighted by Gasteiger charge is 2.48. The fourth-order valence-corrected chi connectivity index (χ4v) is 5.81. The average molecular weight is 521 g/mol. The molecule has 1 saturated carbocycles. The van der Waals surface area contributed by atoms with E-state index >= 15 is 0 Å². The first-order chi connectivity index (χ1) is 16.8. The lowest BCUT2D eigenvalue weighted by Crippen LogP contribution is -2.49. The maximum Gasteiger partial charge on any atom is 0.416 e. The van der Waals surface area contributed by atoms with Gasteiger partial charge in [-0.2, -0.15) is 26.3 Å². The number of amides is 1. The van der Waals surface area contributed by atoms with E-state index in [1.165, 1.54) is 4.90 Å². The second-order valence-corrected chi connectivity index (χ2v) is 11.1. The number of benzene rings is 1. The minimum Gasteiger partial charge on any atom is -0.381 e. The Balaban J connectivity index is 1.70. The zero-order valence-corrected chi connectivity index (χ0v) is 20.6. The fraction of sp³-hybridized carbons (Fsp3) is 0.731. The number of rotatable bonds is 7. The Morgan fingerprint density at radius 2 is 1.61 bits per heavy atom. The van der Waals surface area contributed by atoms with Gasteiger partial charge in [0.15, 0.2) is 0 Å². The molecule has 1 amide bonds. The Hall–Kier alpha value is -1.81. The standard InChI is InChI=1S/C26H34F6N2O2/c1-16-13-36-14-17(2)22(16)12-34(23(35)24(5-6-33-15-24)10-18-3-4-18)11-19-7-20(25(27,28)29)9-21(8-19)26(30,31)32/h7-9,16-18,22,33H,3-6,10-15H2,1-2H3. The predicted molar refractivity (Wildman–Crippen MR) is 122 cm³/mol. The summed E-state index contributed by atoms with van der Waals surface area (Å²) in [6.45, 7) is 6.15. The summed E-state index contributed by atoms with van der Waals surface area (Å²) in [6, 6.07) is 1.62.